The lowest BCUT2D eigenvalue weighted by atomic mass is 9.97. The van der Waals surface area contributed by atoms with Crippen LogP contribution in [0.25, 0.3) is 0 Å². The Balaban J connectivity index is 1.97. The molecule has 9 heteroatoms. The van der Waals surface area contributed by atoms with E-state index in [9.17, 15) is 9.90 Å². The molecule has 1 amide bonds. The molecule has 1 aliphatic heterocycles. The molecule has 1 aliphatic rings. The molecule has 150 valence electrons. The molecule has 2 heterocycles. The van der Waals surface area contributed by atoms with Crippen LogP contribution in [0.4, 0.5) is 5.95 Å². The summed E-state index contributed by atoms with van der Waals surface area (Å²) in [7, 11) is 4.81. The minimum absolute atomic E-state index is 0.224. The predicted octanol–water partition coefficient (Wildman–Crippen LogP) is 1.11. The number of aromatic nitrogens is 2. The highest BCUT2D eigenvalue weighted by atomic mass is 16.5. The number of morpholine rings is 1. The number of aliphatic hydroxyl groups is 1. The van der Waals surface area contributed by atoms with Crippen LogP contribution in [0.5, 0.6) is 11.5 Å². The van der Waals surface area contributed by atoms with Crippen molar-refractivity contribution < 1.29 is 24.1 Å². The van der Waals surface area contributed by atoms with Crippen molar-refractivity contribution in [2.75, 3.05) is 46.3 Å². The van der Waals surface area contributed by atoms with Crippen molar-refractivity contribution in [3.63, 3.8) is 0 Å². The number of ether oxygens (including phenoxy) is 3. The van der Waals surface area contributed by atoms with Crippen molar-refractivity contribution in [2.45, 2.75) is 12.1 Å². The molecule has 0 saturated carbocycles. The molecule has 1 saturated heterocycles. The first kappa shape index (κ1) is 19.8. The topological polar surface area (TPSA) is 106 Å². The summed E-state index contributed by atoms with van der Waals surface area (Å²) in [5, 5.41) is 12.7. The molecule has 0 bridgehead atoms. The molecule has 0 aliphatic carbocycles. The molecule has 3 rings (SSSR count). The molecule has 0 spiro atoms. The number of aliphatic hydroxyl groups excluding tert-OH is 1. The number of hydrogen-bond donors (Lipinski definition) is 2. The van der Waals surface area contributed by atoms with Crippen molar-refractivity contribution >= 4 is 11.9 Å². The van der Waals surface area contributed by atoms with Crippen LogP contribution in [0.15, 0.2) is 30.6 Å². The van der Waals surface area contributed by atoms with Gasteiger partial charge in [0.2, 0.25) is 5.95 Å². The molecular formula is C19H24N4O5. The monoisotopic (exact) mass is 388 g/mol. The Morgan fingerprint density at radius 2 is 2.00 bits per heavy atom. The van der Waals surface area contributed by atoms with Crippen LogP contribution in [-0.4, -0.2) is 73.0 Å². The third-order valence-corrected chi connectivity index (χ3v) is 4.66. The van der Waals surface area contributed by atoms with Gasteiger partial charge in [-0.15, -0.1) is 0 Å². The normalized spacial score (nSPS) is 19.2. The SMILES string of the molecule is CNc1ncc(C(=O)N2CCO[C@@H](CO)[C@@H]2c2ccc(OC)c(OC)c2)cn1. The minimum atomic E-state index is -0.562. The van der Waals surface area contributed by atoms with E-state index in [0.717, 1.165) is 5.56 Å². The fourth-order valence-electron chi connectivity index (χ4n) is 3.28. The molecule has 1 aromatic carbocycles. The fraction of sp³-hybridized carbons (Fsp3) is 0.421. The maximum Gasteiger partial charge on any atom is 0.257 e. The smallest absolute Gasteiger partial charge is 0.257 e. The van der Waals surface area contributed by atoms with E-state index in [1.807, 2.05) is 6.07 Å². The quantitative estimate of drug-likeness (QED) is 0.758. The highest BCUT2D eigenvalue weighted by Crippen LogP contribution is 2.36. The number of amides is 1. The van der Waals surface area contributed by atoms with Gasteiger partial charge in [-0.05, 0) is 17.7 Å². The van der Waals surface area contributed by atoms with Gasteiger partial charge in [0.25, 0.3) is 5.91 Å². The molecule has 9 nitrogen and oxygen atoms in total. The van der Waals surface area contributed by atoms with Crippen LogP contribution in [0, 0.1) is 0 Å². The van der Waals surface area contributed by atoms with E-state index in [0.29, 0.717) is 36.2 Å². The van der Waals surface area contributed by atoms with Crippen molar-refractivity contribution in [1.82, 2.24) is 14.9 Å². The van der Waals surface area contributed by atoms with Crippen LogP contribution in [0.2, 0.25) is 0 Å². The fourth-order valence-corrected chi connectivity index (χ4v) is 3.28. The van der Waals surface area contributed by atoms with E-state index in [2.05, 4.69) is 15.3 Å². The summed E-state index contributed by atoms with van der Waals surface area (Å²) in [6.07, 6.45) is 2.40. The van der Waals surface area contributed by atoms with Gasteiger partial charge in [-0.25, -0.2) is 9.97 Å². The number of carbonyl (C=O) groups is 1. The van der Waals surface area contributed by atoms with E-state index in [-0.39, 0.29) is 12.5 Å². The van der Waals surface area contributed by atoms with Crippen molar-refractivity contribution in [2.24, 2.45) is 0 Å². The average Bonchev–Trinajstić information content (AvgIpc) is 2.77. The van der Waals surface area contributed by atoms with Gasteiger partial charge in [-0.3, -0.25) is 4.79 Å². The summed E-state index contributed by atoms with van der Waals surface area (Å²) < 4.78 is 16.4. The number of nitrogens with one attached hydrogen (secondary N) is 1. The average molecular weight is 388 g/mol. The minimum Gasteiger partial charge on any atom is -0.493 e. The molecule has 2 N–H and O–H groups in total. The van der Waals surface area contributed by atoms with Gasteiger partial charge in [0.1, 0.15) is 6.10 Å². The maximum absolute atomic E-state index is 13.2. The van der Waals surface area contributed by atoms with Gasteiger partial charge in [0, 0.05) is 26.0 Å². The number of methoxy groups -OCH3 is 2. The Bertz CT molecular complexity index is 814. The Morgan fingerprint density at radius 3 is 2.61 bits per heavy atom. The lowest BCUT2D eigenvalue weighted by Gasteiger charge is -2.41. The number of hydrogen-bond acceptors (Lipinski definition) is 8. The second kappa shape index (κ2) is 8.85. The predicted molar refractivity (Wildman–Crippen MR) is 102 cm³/mol. The number of nitrogens with zero attached hydrogens (tertiary/aromatic N) is 3. The number of rotatable bonds is 6. The van der Waals surface area contributed by atoms with Crippen LogP contribution >= 0.6 is 0 Å². The molecule has 2 aromatic rings. The molecule has 0 radical (unpaired) electrons. The lowest BCUT2D eigenvalue weighted by molar-refractivity contribution is -0.0812. The largest absolute Gasteiger partial charge is 0.493 e. The van der Waals surface area contributed by atoms with Crippen molar-refractivity contribution in [3.8, 4) is 11.5 Å². The number of carbonyl (C=O) groups excluding carboxylic acids is 1. The van der Waals surface area contributed by atoms with Crippen LogP contribution in [-0.2, 0) is 4.74 Å². The van der Waals surface area contributed by atoms with Crippen LogP contribution < -0.4 is 14.8 Å². The Kier molecular flexibility index (Phi) is 6.27. The second-order valence-corrected chi connectivity index (χ2v) is 6.19. The van der Waals surface area contributed by atoms with E-state index < -0.39 is 12.1 Å². The summed E-state index contributed by atoms with van der Waals surface area (Å²) in [5.41, 5.74) is 1.14. The summed E-state index contributed by atoms with van der Waals surface area (Å²) in [6.45, 7) is 0.482. The zero-order valence-corrected chi connectivity index (χ0v) is 16.1. The second-order valence-electron chi connectivity index (χ2n) is 6.19. The summed E-state index contributed by atoms with van der Waals surface area (Å²) in [4.78, 5) is 23.1. The van der Waals surface area contributed by atoms with Crippen molar-refractivity contribution in [3.05, 3.63) is 41.7 Å². The molecule has 1 aromatic heterocycles. The van der Waals surface area contributed by atoms with E-state index in [1.54, 1.807) is 38.3 Å². The first-order valence-electron chi connectivity index (χ1n) is 8.88. The highest BCUT2D eigenvalue weighted by Gasteiger charge is 2.37. The molecular weight excluding hydrogens is 364 g/mol. The van der Waals surface area contributed by atoms with Gasteiger partial charge in [-0.2, -0.15) is 0 Å². The first-order chi connectivity index (χ1) is 13.6. The number of benzene rings is 1. The van der Waals surface area contributed by atoms with Gasteiger partial charge >= 0.3 is 0 Å². The molecule has 1 fully saturated rings. The third kappa shape index (κ3) is 3.85. The van der Waals surface area contributed by atoms with E-state index >= 15 is 0 Å². The Labute approximate surface area is 163 Å². The zero-order chi connectivity index (χ0) is 20.1. The van der Waals surface area contributed by atoms with Crippen LogP contribution in [0.1, 0.15) is 22.0 Å². The van der Waals surface area contributed by atoms with Crippen molar-refractivity contribution in [1.29, 1.82) is 0 Å². The highest BCUT2D eigenvalue weighted by molar-refractivity contribution is 5.94. The first-order valence-corrected chi connectivity index (χ1v) is 8.88. The van der Waals surface area contributed by atoms with Gasteiger partial charge in [-0.1, -0.05) is 6.07 Å². The van der Waals surface area contributed by atoms with Gasteiger partial charge in [0.15, 0.2) is 11.5 Å². The standard InChI is InChI=1S/C19H24N4O5/c1-20-19-21-9-13(10-22-19)18(25)23-6-7-28-16(11-24)17(23)12-4-5-14(26-2)15(8-12)27-3/h4-5,8-10,16-17,24H,6-7,11H2,1-3H3,(H,20,21,22)/t16-,17-/m0/s1. The summed E-state index contributed by atoms with van der Waals surface area (Å²) in [5.74, 6) is 1.32. The third-order valence-electron chi connectivity index (χ3n) is 4.66. The summed E-state index contributed by atoms with van der Waals surface area (Å²) in [6, 6.07) is 4.91. The van der Waals surface area contributed by atoms with Gasteiger partial charge < -0.3 is 29.5 Å². The Hall–Kier alpha value is -2.91. The maximum atomic E-state index is 13.2. The lowest BCUT2D eigenvalue weighted by Crippen LogP contribution is -2.49. The number of anilines is 1. The van der Waals surface area contributed by atoms with Crippen LogP contribution in [0.3, 0.4) is 0 Å². The molecule has 0 unspecified atom stereocenters. The molecule has 2 atom stereocenters. The van der Waals surface area contributed by atoms with E-state index in [4.69, 9.17) is 14.2 Å². The van der Waals surface area contributed by atoms with E-state index in [1.165, 1.54) is 12.4 Å². The Morgan fingerprint density at radius 1 is 1.29 bits per heavy atom. The zero-order valence-electron chi connectivity index (χ0n) is 16.1. The summed E-state index contributed by atoms with van der Waals surface area (Å²) >= 11 is 0. The van der Waals surface area contributed by atoms with Gasteiger partial charge in [0.05, 0.1) is 39.0 Å². The molecule has 28 heavy (non-hydrogen) atoms.